The highest BCUT2D eigenvalue weighted by atomic mass is 32.2. The van der Waals surface area contributed by atoms with E-state index in [1.54, 1.807) is 5.56 Å². The molecule has 0 aromatic heterocycles. The van der Waals surface area contributed by atoms with E-state index in [1.807, 2.05) is 11.8 Å². The van der Waals surface area contributed by atoms with E-state index in [9.17, 15) is 0 Å². The third-order valence-electron chi connectivity index (χ3n) is 3.08. The summed E-state index contributed by atoms with van der Waals surface area (Å²) in [7, 11) is 0. The van der Waals surface area contributed by atoms with Crippen LogP contribution in [0, 0.1) is 0 Å². The van der Waals surface area contributed by atoms with Gasteiger partial charge in [0, 0.05) is 17.6 Å². The zero-order valence-electron chi connectivity index (χ0n) is 9.15. The molecule has 15 heavy (non-hydrogen) atoms. The average molecular weight is 222 g/mol. The maximum Gasteiger partial charge on any atom is 0.0441 e. The Morgan fingerprint density at radius 3 is 3.00 bits per heavy atom. The molecule has 2 atom stereocenters. The number of rotatable bonds is 5. The summed E-state index contributed by atoms with van der Waals surface area (Å²) in [6.45, 7) is 2.51. The molecule has 1 aromatic rings. The molecule has 1 N–H and O–H groups in total. The molecule has 0 spiro atoms. The van der Waals surface area contributed by atoms with Crippen molar-refractivity contribution >= 4 is 11.8 Å². The highest BCUT2D eigenvalue weighted by Crippen LogP contribution is 2.37. The summed E-state index contributed by atoms with van der Waals surface area (Å²) >= 11 is 1.99. The van der Waals surface area contributed by atoms with Crippen LogP contribution in [0.1, 0.15) is 30.4 Å². The third-order valence-corrected chi connectivity index (χ3v) is 4.48. The largest absolute Gasteiger partial charge is 0.396 e. The van der Waals surface area contributed by atoms with E-state index in [0.29, 0.717) is 11.9 Å². The van der Waals surface area contributed by atoms with Crippen molar-refractivity contribution in [3.8, 4) is 0 Å². The van der Waals surface area contributed by atoms with Crippen molar-refractivity contribution in [3.05, 3.63) is 35.4 Å². The standard InChI is InChI=1S/C13H18OS/c1-10(6-7-14)15-9-12-8-11-4-2-3-5-13(11)12/h2-5,10,12,14H,6-9H2,1H3. The number of fused-ring (bicyclic) bond motifs is 1. The second-order valence-corrected chi connectivity index (χ2v) is 5.73. The van der Waals surface area contributed by atoms with Gasteiger partial charge in [0.1, 0.15) is 0 Å². The Hall–Kier alpha value is -0.470. The normalized spacial score (nSPS) is 20.5. The molecule has 2 unspecified atom stereocenters. The van der Waals surface area contributed by atoms with Crippen molar-refractivity contribution in [1.82, 2.24) is 0 Å². The second kappa shape index (κ2) is 5.04. The first kappa shape index (κ1) is 11.0. The van der Waals surface area contributed by atoms with Gasteiger partial charge in [-0.25, -0.2) is 0 Å². The van der Waals surface area contributed by atoms with Crippen LogP contribution in [-0.2, 0) is 6.42 Å². The number of hydrogen-bond donors (Lipinski definition) is 1. The maximum atomic E-state index is 8.82. The number of aliphatic hydroxyl groups excluding tert-OH is 1. The molecule has 0 heterocycles. The Kier molecular flexibility index (Phi) is 3.71. The molecule has 82 valence electrons. The zero-order chi connectivity index (χ0) is 10.7. The Bertz CT molecular complexity index is 324. The van der Waals surface area contributed by atoms with Crippen molar-refractivity contribution in [3.63, 3.8) is 0 Å². The molecular formula is C13H18OS. The maximum absolute atomic E-state index is 8.82. The van der Waals surface area contributed by atoms with Gasteiger partial charge in [-0.2, -0.15) is 11.8 Å². The monoisotopic (exact) mass is 222 g/mol. The van der Waals surface area contributed by atoms with E-state index in [1.165, 1.54) is 17.7 Å². The van der Waals surface area contributed by atoms with E-state index < -0.39 is 0 Å². The molecule has 0 aliphatic heterocycles. The first-order valence-corrected chi connectivity index (χ1v) is 6.66. The van der Waals surface area contributed by atoms with Crippen LogP contribution >= 0.6 is 11.8 Å². The molecule has 0 fully saturated rings. The molecule has 2 heteroatoms. The summed E-state index contributed by atoms with van der Waals surface area (Å²) < 4.78 is 0. The van der Waals surface area contributed by atoms with Gasteiger partial charge >= 0.3 is 0 Å². The van der Waals surface area contributed by atoms with Gasteiger partial charge in [-0.3, -0.25) is 0 Å². The molecule has 0 saturated heterocycles. The van der Waals surface area contributed by atoms with E-state index >= 15 is 0 Å². The van der Waals surface area contributed by atoms with Crippen molar-refractivity contribution in [2.75, 3.05) is 12.4 Å². The first-order valence-electron chi connectivity index (χ1n) is 5.61. The first-order chi connectivity index (χ1) is 7.31. The Labute approximate surface area is 95.9 Å². The summed E-state index contributed by atoms with van der Waals surface area (Å²) in [6, 6.07) is 8.73. The number of benzene rings is 1. The van der Waals surface area contributed by atoms with Gasteiger partial charge in [0.25, 0.3) is 0 Å². The van der Waals surface area contributed by atoms with E-state index in [0.717, 1.165) is 12.3 Å². The summed E-state index contributed by atoms with van der Waals surface area (Å²) in [5.41, 5.74) is 3.07. The molecule has 0 amide bonds. The number of thioether (sulfide) groups is 1. The van der Waals surface area contributed by atoms with Gasteiger partial charge in [-0.05, 0) is 29.9 Å². The summed E-state index contributed by atoms with van der Waals surface area (Å²) in [4.78, 5) is 0. The number of hydrogen-bond acceptors (Lipinski definition) is 2. The van der Waals surface area contributed by atoms with Crippen molar-refractivity contribution in [1.29, 1.82) is 0 Å². The van der Waals surface area contributed by atoms with E-state index in [4.69, 9.17) is 5.11 Å². The minimum Gasteiger partial charge on any atom is -0.396 e. The fourth-order valence-electron chi connectivity index (χ4n) is 2.06. The highest BCUT2D eigenvalue weighted by molar-refractivity contribution is 7.99. The Morgan fingerprint density at radius 2 is 2.27 bits per heavy atom. The lowest BCUT2D eigenvalue weighted by Gasteiger charge is -2.30. The second-order valence-electron chi connectivity index (χ2n) is 4.26. The molecule has 0 saturated carbocycles. The van der Waals surface area contributed by atoms with Crippen LogP contribution in [-0.4, -0.2) is 22.7 Å². The Balaban J connectivity index is 1.80. The molecule has 1 aliphatic carbocycles. The van der Waals surface area contributed by atoms with Gasteiger partial charge in [-0.1, -0.05) is 31.2 Å². The molecular weight excluding hydrogens is 204 g/mol. The average Bonchev–Trinajstić information content (AvgIpc) is 2.20. The minimum atomic E-state index is 0.315. The lowest BCUT2D eigenvalue weighted by atomic mass is 9.79. The van der Waals surface area contributed by atoms with Gasteiger partial charge in [-0.15, -0.1) is 0 Å². The molecule has 0 bridgehead atoms. The molecule has 1 aliphatic rings. The molecule has 1 aromatic carbocycles. The molecule has 0 radical (unpaired) electrons. The highest BCUT2D eigenvalue weighted by Gasteiger charge is 2.25. The predicted molar refractivity (Wildman–Crippen MR) is 66.5 cm³/mol. The number of aliphatic hydroxyl groups is 1. The SMILES string of the molecule is CC(CCO)SCC1Cc2ccccc21. The van der Waals surface area contributed by atoms with Crippen LogP contribution in [0.3, 0.4) is 0 Å². The van der Waals surface area contributed by atoms with Crippen LogP contribution in [0.5, 0.6) is 0 Å². The molecule has 1 nitrogen and oxygen atoms in total. The Morgan fingerprint density at radius 1 is 1.47 bits per heavy atom. The fourth-order valence-corrected chi connectivity index (χ4v) is 3.19. The van der Waals surface area contributed by atoms with E-state index in [2.05, 4.69) is 31.2 Å². The minimum absolute atomic E-state index is 0.315. The smallest absolute Gasteiger partial charge is 0.0441 e. The van der Waals surface area contributed by atoms with Crippen molar-refractivity contribution in [2.45, 2.75) is 30.9 Å². The lowest BCUT2D eigenvalue weighted by Crippen LogP contribution is -2.19. The van der Waals surface area contributed by atoms with Gasteiger partial charge in [0.2, 0.25) is 0 Å². The van der Waals surface area contributed by atoms with Crippen LogP contribution in [0.4, 0.5) is 0 Å². The van der Waals surface area contributed by atoms with Crippen LogP contribution in [0.25, 0.3) is 0 Å². The predicted octanol–water partition coefficient (Wildman–Crippen LogP) is 2.83. The van der Waals surface area contributed by atoms with Gasteiger partial charge in [0.15, 0.2) is 0 Å². The van der Waals surface area contributed by atoms with Crippen molar-refractivity contribution < 1.29 is 5.11 Å². The van der Waals surface area contributed by atoms with Crippen LogP contribution in [0.15, 0.2) is 24.3 Å². The quantitative estimate of drug-likeness (QED) is 0.826. The summed E-state index contributed by atoms with van der Waals surface area (Å²) in [6.07, 6.45) is 2.16. The zero-order valence-corrected chi connectivity index (χ0v) is 9.96. The van der Waals surface area contributed by atoms with Crippen LogP contribution < -0.4 is 0 Å². The van der Waals surface area contributed by atoms with E-state index in [-0.39, 0.29) is 0 Å². The summed E-state index contributed by atoms with van der Waals surface area (Å²) in [5.74, 6) is 1.96. The third kappa shape index (κ3) is 2.56. The van der Waals surface area contributed by atoms with Gasteiger partial charge in [0.05, 0.1) is 0 Å². The topological polar surface area (TPSA) is 20.2 Å². The molecule has 2 rings (SSSR count). The van der Waals surface area contributed by atoms with Crippen molar-refractivity contribution in [2.24, 2.45) is 0 Å². The van der Waals surface area contributed by atoms with Gasteiger partial charge < -0.3 is 5.11 Å². The summed E-state index contributed by atoms with van der Waals surface area (Å²) in [5, 5.41) is 9.40. The van der Waals surface area contributed by atoms with Crippen LogP contribution in [0.2, 0.25) is 0 Å². The fraction of sp³-hybridized carbons (Fsp3) is 0.538. The lowest BCUT2D eigenvalue weighted by molar-refractivity contribution is 0.289.